The molecule has 3 aromatic rings. The largest absolute Gasteiger partial charge is 0.417 e. The van der Waals surface area contributed by atoms with Gasteiger partial charge < -0.3 is 25.4 Å². The predicted octanol–water partition coefficient (Wildman–Crippen LogP) is 3.99. The predicted molar refractivity (Wildman–Crippen MR) is 149 cm³/mol. The van der Waals surface area contributed by atoms with E-state index in [9.17, 15) is 23.1 Å². The fourth-order valence-corrected chi connectivity index (χ4v) is 4.22. The van der Waals surface area contributed by atoms with Crippen LogP contribution in [0.5, 0.6) is 0 Å². The van der Waals surface area contributed by atoms with Gasteiger partial charge in [-0.25, -0.2) is 9.98 Å². The SMILES string of the molecule is CN(CC(C)(C)O)c1cc(C(F)(F)F)cnc1C(=N)OC(=N)N[C@H]1N=C(c2ccccc2)c2ccccc2NC1=O. The third-order valence-electron chi connectivity index (χ3n) is 5.91. The highest BCUT2D eigenvalue weighted by Crippen LogP contribution is 2.33. The van der Waals surface area contributed by atoms with Gasteiger partial charge in [0, 0.05) is 30.9 Å². The topological polar surface area (TPSA) is 147 Å². The molecule has 4 rings (SSSR count). The van der Waals surface area contributed by atoms with Gasteiger partial charge in [0.25, 0.3) is 11.9 Å². The van der Waals surface area contributed by atoms with Crippen molar-refractivity contribution in [3.63, 3.8) is 0 Å². The van der Waals surface area contributed by atoms with E-state index in [-0.39, 0.29) is 17.9 Å². The number of nitrogens with zero attached hydrogens (tertiary/aromatic N) is 3. The highest BCUT2D eigenvalue weighted by molar-refractivity contribution is 6.19. The first-order valence-corrected chi connectivity index (χ1v) is 12.4. The maximum absolute atomic E-state index is 13.4. The van der Waals surface area contributed by atoms with Crippen LogP contribution in [0.15, 0.2) is 71.9 Å². The summed E-state index contributed by atoms with van der Waals surface area (Å²) in [6.07, 6.45) is -5.49. The van der Waals surface area contributed by atoms with E-state index in [4.69, 9.17) is 15.6 Å². The number of carbonyl (C=O) groups is 1. The summed E-state index contributed by atoms with van der Waals surface area (Å²) in [6, 6.07) is 16.2. The summed E-state index contributed by atoms with van der Waals surface area (Å²) in [5.41, 5.74) is -0.428. The number of likely N-dealkylation sites (N-methyl/N-ethyl adjacent to an activating group) is 1. The van der Waals surface area contributed by atoms with E-state index in [1.54, 1.807) is 24.3 Å². The summed E-state index contributed by atoms with van der Waals surface area (Å²) in [5, 5.41) is 32.1. The molecule has 1 amide bonds. The molecule has 0 bridgehead atoms. The lowest BCUT2D eigenvalue weighted by molar-refractivity contribution is -0.137. The first-order valence-electron chi connectivity index (χ1n) is 12.4. The van der Waals surface area contributed by atoms with Gasteiger partial charge >= 0.3 is 6.18 Å². The summed E-state index contributed by atoms with van der Waals surface area (Å²) in [7, 11) is 1.43. The van der Waals surface area contributed by atoms with Crippen molar-refractivity contribution < 1.29 is 27.8 Å². The van der Waals surface area contributed by atoms with Crippen LogP contribution in [-0.2, 0) is 15.7 Å². The molecule has 1 aliphatic heterocycles. The number of ether oxygens (including phenoxy) is 1. The number of hydrogen-bond donors (Lipinski definition) is 5. The maximum Gasteiger partial charge on any atom is 0.417 e. The molecule has 0 saturated heterocycles. The summed E-state index contributed by atoms with van der Waals surface area (Å²) in [4.78, 5) is 22.6. The van der Waals surface area contributed by atoms with Crippen LogP contribution in [0.1, 0.15) is 36.2 Å². The molecule has 41 heavy (non-hydrogen) atoms. The van der Waals surface area contributed by atoms with Gasteiger partial charge in [0.1, 0.15) is 5.69 Å². The molecule has 1 aliphatic rings. The second-order valence-corrected chi connectivity index (χ2v) is 9.94. The molecule has 1 atom stereocenters. The zero-order valence-corrected chi connectivity index (χ0v) is 22.4. The van der Waals surface area contributed by atoms with Crippen molar-refractivity contribution in [1.29, 1.82) is 10.8 Å². The molecular formula is C28H28F3N7O3. The van der Waals surface area contributed by atoms with Crippen molar-refractivity contribution >= 4 is 34.9 Å². The highest BCUT2D eigenvalue weighted by Gasteiger charge is 2.34. The first kappa shape index (κ1) is 29.2. The zero-order chi connectivity index (χ0) is 29.9. The number of anilines is 2. The molecule has 13 heteroatoms. The summed E-state index contributed by atoms with van der Waals surface area (Å²) in [5.74, 6) is -1.35. The molecule has 2 aromatic carbocycles. The van der Waals surface area contributed by atoms with E-state index in [1.807, 2.05) is 30.3 Å². The van der Waals surface area contributed by atoms with Gasteiger partial charge in [-0.05, 0) is 26.0 Å². The Hall–Kier alpha value is -4.78. The van der Waals surface area contributed by atoms with Crippen molar-refractivity contribution in [2.24, 2.45) is 4.99 Å². The number of amides is 1. The number of carbonyl (C=O) groups excluding carboxylic acids is 1. The number of fused-ring (bicyclic) bond motifs is 1. The van der Waals surface area contributed by atoms with Crippen molar-refractivity contribution in [3.8, 4) is 0 Å². The number of aliphatic imine (C=N–C) groups is 1. The number of rotatable bonds is 6. The molecule has 2 heterocycles. The average molecular weight is 568 g/mol. The van der Waals surface area contributed by atoms with Gasteiger partial charge in [0.05, 0.1) is 28.3 Å². The van der Waals surface area contributed by atoms with E-state index in [0.717, 1.165) is 11.6 Å². The first-order chi connectivity index (χ1) is 19.2. The number of hydrogen-bond acceptors (Lipinski definition) is 8. The van der Waals surface area contributed by atoms with Crippen LogP contribution in [-0.4, -0.2) is 59.0 Å². The van der Waals surface area contributed by atoms with Crippen molar-refractivity contribution in [2.45, 2.75) is 31.8 Å². The smallest absolute Gasteiger partial charge is 0.405 e. The lowest BCUT2D eigenvalue weighted by Gasteiger charge is -2.29. The monoisotopic (exact) mass is 567 g/mol. The molecule has 5 N–H and O–H groups in total. The van der Waals surface area contributed by atoms with Crippen LogP contribution >= 0.6 is 0 Å². The standard InChI is InChI=1S/C28H28F3N7O3/c1-27(2,40)15-38(3)20-13-17(28(29,30)31)14-34-22(20)23(32)41-26(33)37-24-25(39)35-19-12-8-7-11-18(19)21(36-24)16-9-5-4-6-10-16/h4-14,24,32,40H,15H2,1-3H3,(H2,33,37)(H,35,39)/t24-/m1/s1. The van der Waals surface area contributed by atoms with E-state index < -0.39 is 41.3 Å². The summed E-state index contributed by atoms with van der Waals surface area (Å²) >= 11 is 0. The Kier molecular flexibility index (Phi) is 8.10. The van der Waals surface area contributed by atoms with E-state index in [0.29, 0.717) is 23.2 Å². The van der Waals surface area contributed by atoms with Crippen molar-refractivity contribution in [1.82, 2.24) is 10.3 Å². The number of alkyl halides is 3. The minimum atomic E-state index is -4.70. The van der Waals surface area contributed by atoms with Gasteiger partial charge in [-0.15, -0.1) is 0 Å². The number of benzodiazepines with no additional fused rings is 1. The maximum atomic E-state index is 13.4. The van der Waals surface area contributed by atoms with E-state index in [2.05, 4.69) is 20.6 Å². The Bertz CT molecular complexity index is 1500. The zero-order valence-electron chi connectivity index (χ0n) is 22.4. The van der Waals surface area contributed by atoms with E-state index >= 15 is 0 Å². The van der Waals surface area contributed by atoms with Crippen molar-refractivity contribution in [3.05, 3.63) is 89.2 Å². The molecule has 214 valence electrons. The number of aromatic nitrogens is 1. The van der Waals surface area contributed by atoms with Gasteiger partial charge in [-0.2, -0.15) is 13.2 Å². The fraction of sp³-hybridized carbons (Fsp3) is 0.250. The number of halogens is 3. The molecular weight excluding hydrogens is 539 g/mol. The fourth-order valence-electron chi connectivity index (χ4n) is 4.22. The van der Waals surface area contributed by atoms with Crippen LogP contribution < -0.4 is 15.5 Å². The highest BCUT2D eigenvalue weighted by atomic mass is 19.4. The Morgan fingerprint density at radius 2 is 1.78 bits per heavy atom. The third kappa shape index (κ3) is 7.06. The Morgan fingerprint density at radius 1 is 1.12 bits per heavy atom. The number of pyridine rings is 1. The number of para-hydroxylation sites is 1. The molecule has 0 aliphatic carbocycles. The Balaban J connectivity index is 1.60. The normalized spacial score (nSPS) is 15.1. The summed E-state index contributed by atoms with van der Waals surface area (Å²) in [6.45, 7) is 2.86. The molecule has 0 fully saturated rings. The van der Waals surface area contributed by atoms with Gasteiger partial charge in [0.2, 0.25) is 12.1 Å². The van der Waals surface area contributed by atoms with Gasteiger partial charge in [0.15, 0.2) is 0 Å². The molecule has 0 radical (unpaired) electrons. The van der Waals surface area contributed by atoms with Crippen molar-refractivity contribution in [2.75, 3.05) is 23.8 Å². The number of nitrogens with one attached hydrogen (secondary N) is 4. The minimum Gasteiger partial charge on any atom is -0.405 e. The third-order valence-corrected chi connectivity index (χ3v) is 5.91. The average Bonchev–Trinajstić information content (AvgIpc) is 3.03. The molecule has 1 aromatic heterocycles. The Morgan fingerprint density at radius 3 is 2.44 bits per heavy atom. The second kappa shape index (κ2) is 11.4. The van der Waals surface area contributed by atoms with Crippen LogP contribution in [0.2, 0.25) is 0 Å². The molecule has 0 unspecified atom stereocenters. The quantitative estimate of drug-likeness (QED) is 0.225. The van der Waals surface area contributed by atoms with Crippen LogP contribution in [0, 0.1) is 10.8 Å². The molecule has 10 nitrogen and oxygen atoms in total. The molecule has 0 spiro atoms. The van der Waals surface area contributed by atoms with Gasteiger partial charge in [-0.3, -0.25) is 15.6 Å². The second-order valence-electron chi connectivity index (χ2n) is 9.94. The number of benzene rings is 2. The van der Waals surface area contributed by atoms with Gasteiger partial charge in [-0.1, -0.05) is 48.5 Å². The Labute approximate surface area is 233 Å². The lowest BCUT2D eigenvalue weighted by Crippen LogP contribution is -2.43. The summed E-state index contributed by atoms with van der Waals surface area (Å²) < 4.78 is 45.5. The van der Waals surface area contributed by atoms with Crippen LogP contribution in [0.25, 0.3) is 0 Å². The molecule has 0 saturated carbocycles. The number of aliphatic hydroxyl groups is 1. The number of amidine groups is 1. The van der Waals surface area contributed by atoms with E-state index in [1.165, 1.54) is 25.8 Å². The lowest BCUT2D eigenvalue weighted by atomic mass is 10.0. The van der Waals surface area contributed by atoms with Crippen LogP contribution in [0.3, 0.4) is 0 Å². The van der Waals surface area contributed by atoms with Crippen LogP contribution in [0.4, 0.5) is 24.5 Å². The minimum absolute atomic E-state index is 0.0915.